The minimum Gasteiger partial charge on any atom is -0.365 e. The maximum Gasteiger partial charge on any atom is 0.224 e. The zero-order valence-electron chi connectivity index (χ0n) is 10.6. The number of rotatable bonds is 4. The van der Waals surface area contributed by atoms with E-state index in [-0.39, 0.29) is 5.82 Å². The molecule has 0 fully saturated rings. The first-order valence-corrected chi connectivity index (χ1v) is 6.38. The Morgan fingerprint density at radius 2 is 1.89 bits per heavy atom. The van der Waals surface area contributed by atoms with Crippen LogP contribution in [0.1, 0.15) is 5.56 Å². The van der Waals surface area contributed by atoms with Gasteiger partial charge in [0.15, 0.2) is 0 Å². The molecule has 0 aliphatic rings. The summed E-state index contributed by atoms with van der Waals surface area (Å²) < 4.78 is 13.5. The van der Waals surface area contributed by atoms with Crippen LogP contribution in [-0.2, 0) is 6.54 Å². The number of nitrogens with one attached hydrogen (secondary N) is 1. The largest absolute Gasteiger partial charge is 0.365 e. The summed E-state index contributed by atoms with van der Waals surface area (Å²) in [6, 6.07) is 1.36. The first-order valence-electron chi connectivity index (χ1n) is 5.59. The van der Waals surface area contributed by atoms with Crippen LogP contribution in [0, 0.1) is 5.82 Å². The fourth-order valence-corrected chi connectivity index (χ4v) is 1.86. The van der Waals surface area contributed by atoms with Crippen LogP contribution in [0.3, 0.4) is 0 Å². The minimum absolute atomic E-state index is 0.379. The zero-order chi connectivity index (χ0) is 13.8. The highest BCUT2D eigenvalue weighted by Gasteiger charge is 2.04. The Kier molecular flexibility index (Phi) is 4.26. The van der Waals surface area contributed by atoms with Gasteiger partial charge < -0.3 is 10.2 Å². The molecule has 2 rings (SSSR count). The number of nitrogens with zero attached hydrogens (tertiary/aromatic N) is 4. The molecular formula is C12H13BrFN5. The number of hydrogen-bond acceptors (Lipinski definition) is 5. The lowest BCUT2D eigenvalue weighted by atomic mass is 10.3. The van der Waals surface area contributed by atoms with Crippen molar-refractivity contribution in [3.63, 3.8) is 0 Å². The molecule has 19 heavy (non-hydrogen) atoms. The maximum absolute atomic E-state index is 12.9. The van der Waals surface area contributed by atoms with Gasteiger partial charge in [0.1, 0.15) is 11.6 Å². The first kappa shape index (κ1) is 13.7. The predicted octanol–water partition coefficient (Wildman–Crippen LogP) is 2.45. The Morgan fingerprint density at radius 1 is 1.21 bits per heavy atom. The van der Waals surface area contributed by atoms with Crippen LogP contribution in [0.5, 0.6) is 0 Å². The van der Waals surface area contributed by atoms with E-state index < -0.39 is 0 Å². The molecule has 2 heterocycles. The van der Waals surface area contributed by atoms with Crippen molar-refractivity contribution in [3.05, 3.63) is 40.5 Å². The molecule has 0 aliphatic heterocycles. The van der Waals surface area contributed by atoms with Crippen LogP contribution in [0.2, 0.25) is 0 Å². The second-order valence-corrected chi connectivity index (χ2v) is 4.98. The molecule has 1 N–H and O–H groups in total. The smallest absolute Gasteiger partial charge is 0.224 e. The van der Waals surface area contributed by atoms with Crippen LogP contribution in [0.15, 0.2) is 29.1 Å². The Hall–Kier alpha value is -1.76. The third-order valence-electron chi connectivity index (χ3n) is 2.36. The van der Waals surface area contributed by atoms with Crippen molar-refractivity contribution in [2.75, 3.05) is 24.3 Å². The van der Waals surface area contributed by atoms with Crippen molar-refractivity contribution >= 4 is 27.7 Å². The van der Waals surface area contributed by atoms with Crippen molar-refractivity contribution in [2.24, 2.45) is 0 Å². The summed E-state index contributed by atoms with van der Waals surface area (Å²) in [4.78, 5) is 14.2. The quantitative estimate of drug-likeness (QED) is 0.935. The second kappa shape index (κ2) is 5.92. The molecule has 0 aromatic carbocycles. The molecule has 0 amide bonds. The standard InChI is InChI=1S/C12H13BrFN5/c1-19(2)12-17-5-8(6-18-12)4-15-11-10(13)3-9(14)7-16-11/h3,5-7H,4H2,1-2H3,(H,15,16). The van der Waals surface area contributed by atoms with E-state index >= 15 is 0 Å². The summed E-state index contributed by atoms with van der Waals surface area (Å²) in [5, 5.41) is 3.09. The highest BCUT2D eigenvalue weighted by molar-refractivity contribution is 9.10. The molecule has 100 valence electrons. The van der Waals surface area contributed by atoms with Gasteiger partial charge in [-0.1, -0.05) is 0 Å². The van der Waals surface area contributed by atoms with Gasteiger partial charge in [0.2, 0.25) is 5.95 Å². The van der Waals surface area contributed by atoms with Gasteiger partial charge in [-0.2, -0.15) is 0 Å². The maximum atomic E-state index is 12.9. The molecule has 0 saturated carbocycles. The Balaban J connectivity index is 2.02. The van der Waals surface area contributed by atoms with Gasteiger partial charge in [0.05, 0.1) is 10.7 Å². The van der Waals surface area contributed by atoms with Crippen molar-refractivity contribution in [1.29, 1.82) is 0 Å². The molecule has 0 saturated heterocycles. The molecule has 0 bridgehead atoms. The fraction of sp³-hybridized carbons (Fsp3) is 0.250. The lowest BCUT2D eigenvalue weighted by Crippen LogP contribution is -2.13. The lowest BCUT2D eigenvalue weighted by molar-refractivity contribution is 0.620. The predicted molar refractivity (Wildman–Crippen MR) is 75.6 cm³/mol. The van der Waals surface area contributed by atoms with Gasteiger partial charge in [0.25, 0.3) is 0 Å². The Morgan fingerprint density at radius 3 is 2.47 bits per heavy atom. The van der Waals surface area contributed by atoms with E-state index in [1.165, 1.54) is 12.3 Å². The summed E-state index contributed by atoms with van der Waals surface area (Å²) in [5.74, 6) is 0.860. The molecular weight excluding hydrogens is 313 g/mol. The highest BCUT2D eigenvalue weighted by Crippen LogP contribution is 2.20. The second-order valence-electron chi connectivity index (χ2n) is 4.12. The highest BCUT2D eigenvalue weighted by atomic mass is 79.9. The zero-order valence-corrected chi connectivity index (χ0v) is 12.1. The van der Waals surface area contributed by atoms with E-state index in [0.717, 1.165) is 5.56 Å². The molecule has 0 atom stereocenters. The van der Waals surface area contributed by atoms with E-state index in [9.17, 15) is 4.39 Å². The molecule has 0 spiro atoms. The molecule has 0 radical (unpaired) electrons. The molecule has 5 nitrogen and oxygen atoms in total. The fourth-order valence-electron chi connectivity index (χ4n) is 1.40. The number of anilines is 2. The molecule has 0 unspecified atom stereocenters. The van der Waals surface area contributed by atoms with Crippen LogP contribution in [-0.4, -0.2) is 29.0 Å². The van der Waals surface area contributed by atoms with Gasteiger partial charge in [-0.05, 0) is 22.0 Å². The number of aromatic nitrogens is 3. The minimum atomic E-state index is -0.379. The van der Waals surface area contributed by atoms with Crippen LogP contribution < -0.4 is 10.2 Å². The van der Waals surface area contributed by atoms with Crippen LogP contribution in [0.25, 0.3) is 0 Å². The van der Waals surface area contributed by atoms with E-state index in [2.05, 4.69) is 36.2 Å². The average molecular weight is 326 g/mol. The van der Waals surface area contributed by atoms with Crippen molar-refractivity contribution < 1.29 is 4.39 Å². The summed E-state index contributed by atoms with van der Waals surface area (Å²) >= 11 is 3.25. The number of pyridine rings is 1. The molecule has 2 aromatic heterocycles. The van der Waals surface area contributed by atoms with Gasteiger partial charge in [-0.25, -0.2) is 19.3 Å². The van der Waals surface area contributed by atoms with Crippen LogP contribution in [0.4, 0.5) is 16.2 Å². The topological polar surface area (TPSA) is 53.9 Å². The molecule has 0 aliphatic carbocycles. The van der Waals surface area contributed by atoms with E-state index in [1.54, 1.807) is 12.4 Å². The van der Waals surface area contributed by atoms with E-state index in [0.29, 0.717) is 22.8 Å². The van der Waals surface area contributed by atoms with Crippen molar-refractivity contribution in [1.82, 2.24) is 15.0 Å². The van der Waals surface area contributed by atoms with Crippen LogP contribution >= 0.6 is 15.9 Å². The Labute approximate surface area is 119 Å². The normalized spacial score (nSPS) is 10.3. The molecule has 7 heteroatoms. The van der Waals surface area contributed by atoms with E-state index in [1.807, 2.05) is 19.0 Å². The SMILES string of the molecule is CN(C)c1ncc(CNc2ncc(F)cc2Br)cn1. The third-order valence-corrected chi connectivity index (χ3v) is 2.96. The average Bonchev–Trinajstić information content (AvgIpc) is 2.38. The first-order chi connectivity index (χ1) is 9.06. The summed E-state index contributed by atoms with van der Waals surface area (Å²) in [5.41, 5.74) is 0.920. The summed E-state index contributed by atoms with van der Waals surface area (Å²) in [7, 11) is 3.76. The monoisotopic (exact) mass is 325 g/mol. The van der Waals surface area contributed by atoms with Gasteiger partial charge >= 0.3 is 0 Å². The van der Waals surface area contributed by atoms with Gasteiger partial charge in [-0.3, -0.25) is 0 Å². The lowest BCUT2D eigenvalue weighted by Gasteiger charge is -2.10. The molecule has 2 aromatic rings. The third kappa shape index (κ3) is 3.60. The van der Waals surface area contributed by atoms with Crippen molar-refractivity contribution in [3.8, 4) is 0 Å². The van der Waals surface area contributed by atoms with E-state index in [4.69, 9.17) is 0 Å². The van der Waals surface area contributed by atoms with Gasteiger partial charge in [0, 0.05) is 38.6 Å². The van der Waals surface area contributed by atoms with Crippen molar-refractivity contribution in [2.45, 2.75) is 6.54 Å². The summed E-state index contributed by atoms with van der Waals surface area (Å²) in [6.07, 6.45) is 4.65. The number of hydrogen-bond donors (Lipinski definition) is 1. The Bertz CT molecular complexity index is 559. The van der Waals surface area contributed by atoms with Gasteiger partial charge in [-0.15, -0.1) is 0 Å². The number of halogens is 2. The summed E-state index contributed by atoms with van der Waals surface area (Å²) in [6.45, 7) is 0.519.